The van der Waals surface area contributed by atoms with Gasteiger partial charge >= 0.3 is 0 Å². The van der Waals surface area contributed by atoms with Crippen molar-refractivity contribution in [1.82, 2.24) is 9.88 Å². The Balaban J connectivity index is 1.98. The molecule has 20 heavy (non-hydrogen) atoms. The molecule has 0 bridgehead atoms. The van der Waals surface area contributed by atoms with Crippen LogP contribution in [0.1, 0.15) is 28.5 Å². The van der Waals surface area contributed by atoms with E-state index in [2.05, 4.69) is 4.98 Å². The minimum Gasteiger partial charge on any atom is -0.506 e. The second-order valence-electron chi connectivity index (χ2n) is 5.33. The van der Waals surface area contributed by atoms with E-state index >= 15 is 0 Å². The van der Waals surface area contributed by atoms with Crippen molar-refractivity contribution in [2.24, 2.45) is 0 Å². The van der Waals surface area contributed by atoms with Gasteiger partial charge in [-0.05, 0) is 19.7 Å². The monoisotopic (exact) mass is 270 g/mol. The molecule has 1 aliphatic heterocycles. The third-order valence-corrected chi connectivity index (χ3v) is 3.51. The molecule has 1 unspecified atom stereocenters. The zero-order valence-electron chi connectivity index (χ0n) is 11.7. The summed E-state index contributed by atoms with van der Waals surface area (Å²) in [6.45, 7) is 1.05. The first kappa shape index (κ1) is 13.1. The first-order valence-corrected chi connectivity index (χ1v) is 6.67. The molecule has 4 heteroatoms. The number of rotatable bonds is 3. The maximum atomic E-state index is 10.4. The van der Waals surface area contributed by atoms with E-state index in [0.717, 1.165) is 16.7 Å². The second-order valence-corrected chi connectivity index (χ2v) is 5.33. The number of ether oxygens (including phenoxy) is 1. The highest BCUT2D eigenvalue weighted by molar-refractivity contribution is 5.46. The largest absolute Gasteiger partial charge is 0.506 e. The van der Waals surface area contributed by atoms with Crippen LogP contribution in [0.4, 0.5) is 0 Å². The summed E-state index contributed by atoms with van der Waals surface area (Å²) in [7, 11) is 3.91. The maximum Gasteiger partial charge on any atom is 0.144 e. The molecule has 104 valence electrons. The summed E-state index contributed by atoms with van der Waals surface area (Å²) in [5.41, 5.74) is 3.63. The van der Waals surface area contributed by atoms with Crippen molar-refractivity contribution < 1.29 is 9.84 Å². The fraction of sp³-hybridized carbons (Fsp3) is 0.312. The molecule has 0 aliphatic carbocycles. The van der Waals surface area contributed by atoms with E-state index in [1.165, 1.54) is 0 Å². The molecular formula is C16H18N2O2. The van der Waals surface area contributed by atoms with Crippen LogP contribution in [0.15, 0.2) is 36.5 Å². The summed E-state index contributed by atoms with van der Waals surface area (Å²) in [5.74, 6) is 0.273. The Bertz CT molecular complexity index is 611. The summed E-state index contributed by atoms with van der Waals surface area (Å²) in [4.78, 5) is 6.38. The predicted octanol–water partition coefficient (Wildman–Crippen LogP) is 2.47. The Kier molecular flexibility index (Phi) is 3.42. The molecule has 0 spiro atoms. The molecule has 2 heterocycles. The van der Waals surface area contributed by atoms with E-state index < -0.39 is 0 Å². The van der Waals surface area contributed by atoms with Crippen LogP contribution in [0, 0.1) is 0 Å². The van der Waals surface area contributed by atoms with E-state index in [-0.39, 0.29) is 11.9 Å². The molecule has 1 N–H and O–H groups in total. The van der Waals surface area contributed by atoms with Crippen LogP contribution in [0.3, 0.4) is 0 Å². The molecule has 0 amide bonds. The van der Waals surface area contributed by atoms with Gasteiger partial charge in [-0.15, -0.1) is 0 Å². The van der Waals surface area contributed by atoms with Crippen molar-refractivity contribution in [3.05, 3.63) is 58.9 Å². The molecule has 0 saturated heterocycles. The quantitative estimate of drug-likeness (QED) is 0.930. The van der Waals surface area contributed by atoms with Crippen LogP contribution in [-0.4, -0.2) is 29.1 Å². The number of hydrogen-bond donors (Lipinski definition) is 1. The van der Waals surface area contributed by atoms with E-state index in [0.29, 0.717) is 18.8 Å². The van der Waals surface area contributed by atoms with E-state index in [9.17, 15) is 5.11 Å². The molecule has 1 atom stereocenters. The topological polar surface area (TPSA) is 45.6 Å². The molecule has 3 rings (SSSR count). The summed E-state index contributed by atoms with van der Waals surface area (Å²) < 4.78 is 5.84. The van der Waals surface area contributed by atoms with Crippen LogP contribution in [-0.2, 0) is 17.9 Å². The number of hydrogen-bond acceptors (Lipinski definition) is 4. The van der Waals surface area contributed by atoms with Gasteiger partial charge in [0.05, 0.1) is 12.3 Å². The van der Waals surface area contributed by atoms with Gasteiger partial charge in [0.2, 0.25) is 0 Å². The van der Waals surface area contributed by atoms with Gasteiger partial charge in [0.1, 0.15) is 11.9 Å². The molecule has 0 radical (unpaired) electrons. The normalized spacial score (nSPS) is 17.4. The highest BCUT2D eigenvalue weighted by Crippen LogP contribution is 2.40. The lowest BCUT2D eigenvalue weighted by Crippen LogP contribution is -2.12. The van der Waals surface area contributed by atoms with Crippen molar-refractivity contribution in [1.29, 1.82) is 0 Å². The third-order valence-electron chi connectivity index (χ3n) is 3.51. The molecule has 2 aromatic rings. The predicted molar refractivity (Wildman–Crippen MR) is 76.4 cm³/mol. The SMILES string of the molecule is CN(C)Cc1ncc2c(c1O)COC2c1ccccc1. The zero-order valence-corrected chi connectivity index (χ0v) is 11.7. The first-order chi connectivity index (χ1) is 9.66. The van der Waals surface area contributed by atoms with E-state index in [1.807, 2.05) is 55.5 Å². The number of nitrogens with zero attached hydrogens (tertiary/aromatic N) is 2. The van der Waals surface area contributed by atoms with Crippen LogP contribution >= 0.6 is 0 Å². The molecule has 1 aromatic carbocycles. The van der Waals surface area contributed by atoms with Crippen LogP contribution in [0.25, 0.3) is 0 Å². The van der Waals surface area contributed by atoms with E-state index in [1.54, 1.807) is 0 Å². The summed E-state index contributed by atoms with van der Waals surface area (Å²) >= 11 is 0. The number of aromatic hydroxyl groups is 1. The Hall–Kier alpha value is -1.91. The van der Waals surface area contributed by atoms with Crippen molar-refractivity contribution in [3.63, 3.8) is 0 Å². The van der Waals surface area contributed by atoms with Gasteiger partial charge < -0.3 is 14.7 Å². The lowest BCUT2D eigenvalue weighted by Gasteiger charge is -2.14. The average molecular weight is 270 g/mol. The number of pyridine rings is 1. The van der Waals surface area contributed by atoms with Crippen molar-refractivity contribution in [3.8, 4) is 5.75 Å². The van der Waals surface area contributed by atoms with Gasteiger partial charge in [-0.25, -0.2) is 0 Å². The first-order valence-electron chi connectivity index (χ1n) is 6.67. The smallest absolute Gasteiger partial charge is 0.144 e. The summed E-state index contributed by atoms with van der Waals surface area (Å²) in [6.07, 6.45) is 1.71. The van der Waals surface area contributed by atoms with Gasteiger partial charge in [-0.1, -0.05) is 30.3 Å². The fourth-order valence-electron chi connectivity index (χ4n) is 2.55. The van der Waals surface area contributed by atoms with Gasteiger partial charge in [0.15, 0.2) is 0 Å². The van der Waals surface area contributed by atoms with Gasteiger partial charge in [0.25, 0.3) is 0 Å². The summed E-state index contributed by atoms with van der Waals surface area (Å²) in [6, 6.07) is 10.0. The van der Waals surface area contributed by atoms with Crippen molar-refractivity contribution >= 4 is 0 Å². The lowest BCUT2D eigenvalue weighted by atomic mass is 10.00. The minimum atomic E-state index is -0.127. The number of fused-ring (bicyclic) bond motifs is 1. The minimum absolute atomic E-state index is 0.127. The van der Waals surface area contributed by atoms with Crippen molar-refractivity contribution in [2.45, 2.75) is 19.3 Å². The van der Waals surface area contributed by atoms with Crippen LogP contribution < -0.4 is 0 Å². The second kappa shape index (κ2) is 5.23. The Morgan fingerprint density at radius 3 is 2.75 bits per heavy atom. The molecule has 4 nitrogen and oxygen atoms in total. The number of aromatic nitrogens is 1. The molecular weight excluding hydrogens is 252 g/mol. The Labute approximate surface area is 118 Å². The Morgan fingerprint density at radius 2 is 2.05 bits per heavy atom. The highest BCUT2D eigenvalue weighted by Gasteiger charge is 2.29. The molecule has 0 saturated carbocycles. The van der Waals surface area contributed by atoms with Crippen LogP contribution in [0.2, 0.25) is 0 Å². The fourth-order valence-corrected chi connectivity index (χ4v) is 2.55. The van der Waals surface area contributed by atoms with E-state index in [4.69, 9.17) is 4.74 Å². The standard InChI is InChI=1S/C16H18N2O2/c1-18(2)9-14-15(19)13-10-20-16(12(13)8-17-14)11-6-4-3-5-7-11/h3-8,16,19H,9-10H2,1-2H3. The molecule has 1 aliphatic rings. The maximum absolute atomic E-state index is 10.4. The molecule has 0 fully saturated rings. The molecule has 1 aromatic heterocycles. The van der Waals surface area contributed by atoms with Crippen molar-refractivity contribution in [2.75, 3.05) is 14.1 Å². The van der Waals surface area contributed by atoms with Gasteiger partial charge in [-0.2, -0.15) is 0 Å². The Morgan fingerprint density at radius 1 is 1.30 bits per heavy atom. The third kappa shape index (κ3) is 2.28. The van der Waals surface area contributed by atoms with Gasteiger partial charge in [0, 0.05) is 23.9 Å². The average Bonchev–Trinajstić information content (AvgIpc) is 2.87. The zero-order chi connectivity index (χ0) is 14.1. The number of benzene rings is 1. The summed E-state index contributed by atoms with van der Waals surface area (Å²) in [5, 5.41) is 10.4. The van der Waals surface area contributed by atoms with Gasteiger partial charge in [-0.3, -0.25) is 4.98 Å². The lowest BCUT2D eigenvalue weighted by molar-refractivity contribution is 0.0932. The van der Waals surface area contributed by atoms with Crippen LogP contribution in [0.5, 0.6) is 5.75 Å². The highest BCUT2D eigenvalue weighted by atomic mass is 16.5.